The van der Waals surface area contributed by atoms with Crippen molar-refractivity contribution in [2.24, 2.45) is 0 Å². The molecule has 1 aliphatic heterocycles. The van der Waals surface area contributed by atoms with Crippen LogP contribution in [0.4, 0.5) is 0 Å². The summed E-state index contributed by atoms with van der Waals surface area (Å²) in [6.07, 6.45) is 4.56. The molecule has 92 valence electrons. The molecule has 0 unspecified atom stereocenters. The van der Waals surface area contributed by atoms with E-state index in [1.165, 1.54) is 12.8 Å². The van der Waals surface area contributed by atoms with E-state index in [9.17, 15) is 8.42 Å². The van der Waals surface area contributed by atoms with E-state index in [4.69, 9.17) is 11.6 Å². The average Bonchev–Trinajstić information content (AvgIpc) is 2.83. The van der Waals surface area contributed by atoms with Crippen LogP contribution in [-0.2, 0) is 21.3 Å². The van der Waals surface area contributed by atoms with Gasteiger partial charge in [0.1, 0.15) is 11.0 Å². The fraction of sp³-hybridized carbons (Fsp3) is 0.636. The van der Waals surface area contributed by atoms with Crippen LogP contribution in [0.1, 0.15) is 48.7 Å². The van der Waals surface area contributed by atoms with Crippen LogP contribution in [-0.4, -0.2) is 18.4 Å². The van der Waals surface area contributed by atoms with Gasteiger partial charge in [0.05, 0.1) is 17.2 Å². The Balaban J connectivity index is 2.03. The quantitative estimate of drug-likeness (QED) is 0.736. The number of sulfone groups is 1. The van der Waals surface area contributed by atoms with E-state index >= 15 is 0 Å². The Kier molecular flexibility index (Phi) is 2.63. The predicted octanol–water partition coefficient (Wildman–Crippen LogP) is 2.22. The molecule has 1 fully saturated rings. The smallest absolute Gasteiger partial charge is 0.160 e. The summed E-state index contributed by atoms with van der Waals surface area (Å²) in [4.78, 5) is 8.70. The second kappa shape index (κ2) is 3.92. The van der Waals surface area contributed by atoms with Crippen LogP contribution in [0.5, 0.6) is 0 Å². The summed E-state index contributed by atoms with van der Waals surface area (Å²) >= 11 is 6.06. The topological polar surface area (TPSA) is 59.9 Å². The maximum absolute atomic E-state index is 11.5. The molecule has 2 heterocycles. The van der Waals surface area contributed by atoms with Gasteiger partial charge in [-0.25, -0.2) is 18.4 Å². The van der Waals surface area contributed by atoms with Crippen molar-refractivity contribution in [3.05, 3.63) is 22.2 Å². The Hall–Kier alpha value is -0.680. The highest BCUT2D eigenvalue weighted by atomic mass is 35.5. The summed E-state index contributed by atoms with van der Waals surface area (Å²) in [7, 11) is -3.06. The minimum atomic E-state index is -3.06. The molecule has 1 saturated carbocycles. The summed E-state index contributed by atoms with van der Waals surface area (Å²) in [5, 5.41) is 0.331. The van der Waals surface area contributed by atoms with E-state index in [1.807, 2.05) is 0 Å². The highest BCUT2D eigenvalue weighted by Crippen LogP contribution is 2.35. The average molecular weight is 273 g/mol. The van der Waals surface area contributed by atoms with E-state index < -0.39 is 9.84 Å². The van der Waals surface area contributed by atoms with Crippen molar-refractivity contribution in [1.29, 1.82) is 0 Å². The Morgan fingerprint density at radius 2 is 1.82 bits per heavy atom. The highest BCUT2D eigenvalue weighted by Gasteiger charge is 2.31. The number of halogens is 1. The SMILES string of the molecule is O=S1(=O)Cc2nc(C3CCCC3)nc(Cl)c2C1. The summed E-state index contributed by atoms with van der Waals surface area (Å²) in [5.41, 5.74) is 1.22. The molecule has 0 aromatic carbocycles. The predicted molar refractivity (Wildman–Crippen MR) is 64.6 cm³/mol. The van der Waals surface area contributed by atoms with Gasteiger partial charge < -0.3 is 0 Å². The molecule has 1 aliphatic carbocycles. The van der Waals surface area contributed by atoms with Gasteiger partial charge in [0, 0.05) is 11.5 Å². The van der Waals surface area contributed by atoms with Crippen molar-refractivity contribution in [3.8, 4) is 0 Å². The van der Waals surface area contributed by atoms with Gasteiger partial charge >= 0.3 is 0 Å². The molecule has 0 bridgehead atoms. The summed E-state index contributed by atoms with van der Waals surface area (Å²) in [6, 6.07) is 0. The van der Waals surface area contributed by atoms with Crippen LogP contribution >= 0.6 is 11.6 Å². The lowest BCUT2D eigenvalue weighted by Gasteiger charge is -2.09. The molecule has 3 rings (SSSR count). The minimum absolute atomic E-state index is 0.00782. The standard InChI is InChI=1S/C11H13ClN2O2S/c12-10-8-5-17(15,16)6-9(8)13-11(14-10)7-3-1-2-4-7/h7H,1-6H2. The Morgan fingerprint density at radius 1 is 1.12 bits per heavy atom. The molecule has 0 atom stereocenters. The molecule has 0 N–H and O–H groups in total. The number of nitrogens with zero attached hydrogens (tertiary/aromatic N) is 2. The van der Waals surface area contributed by atoms with E-state index in [0.29, 0.717) is 22.3 Å². The molecular formula is C11H13ClN2O2S. The van der Waals surface area contributed by atoms with Crippen molar-refractivity contribution in [2.75, 3.05) is 0 Å². The van der Waals surface area contributed by atoms with Crippen molar-refractivity contribution in [1.82, 2.24) is 9.97 Å². The first-order valence-electron chi connectivity index (χ1n) is 5.81. The Morgan fingerprint density at radius 3 is 2.53 bits per heavy atom. The lowest BCUT2D eigenvalue weighted by molar-refractivity contribution is 0.597. The van der Waals surface area contributed by atoms with E-state index in [0.717, 1.165) is 18.7 Å². The molecule has 0 spiro atoms. The molecule has 1 aromatic heterocycles. The van der Waals surface area contributed by atoms with E-state index in [-0.39, 0.29) is 11.5 Å². The molecule has 4 nitrogen and oxygen atoms in total. The molecule has 0 saturated heterocycles. The van der Waals surface area contributed by atoms with Crippen LogP contribution < -0.4 is 0 Å². The zero-order valence-corrected chi connectivity index (χ0v) is 10.9. The molecule has 0 radical (unpaired) electrons. The van der Waals surface area contributed by atoms with Gasteiger partial charge in [0.25, 0.3) is 0 Å². The van der Waals surface area contributed by atoms with Crippen LogP contribution in [0.15, 0.2) is 0 Å². The van der Waals surface area contributed by atoms with Gasteiger partial charge in [-0.1, -0.05) is 24.4 Å². The zero-order valence-electron chi connectivity index (χ0n) is 9.32. The molecular weight excluding hydrogens is 260 g/mol. The van der Waals surface area contributed by atoms with E-state index in [1.54, 1.807) is 0 Å². The lowest BCUT2D eigenvalue weighted by atomic mass is 10.1. The third kappa shape index (κ3) is 2.06. The van der Waals surface area contributed by atoms with Crippen molar-refractivity contribution >= 4 is 21.4 Å². The zero-order chi connectivity index (χ0) is 12.0. The summed E-state index contributed by atoms with van der Waals surface area (Å²) in [6.45, 7) is 0. The Labute approximate surface area is 105 Å². The largest absolute Gasteiger partial charge is 0.236 e. The van der Waals surface area contributed by atoms with Gasteiger partial charge in [0.15, 0.2) is 9.84 Å². The number of hydrogen-bond acceptors (Lipinski definition) is 4. The monoisotopic (exact) mass is 272 g/mol. The van der Waals surface area contributed by atoms with Gasteiger partial charge in [-0.3, -0.25) is 0 Å². The van der Waals surface area contributed by atoms with Crippen LogP contribution in [0.25, 0.3) is 0 Å². The number of hydrogen-bond donors (Lipinski definition) is 0. The molecule has 0 amide bonds. The highest BCUT2D eigenvalue weighted by molar-refractivity contribution is 7.90. The summed E-state index contributed by atoms with van der Waals surface area (Å²) < 4.78 is 23.1. The van der Waals surface area contributed by atoms with Gasteiger partial charge in [-0.15, -0.1) is 0 Å². The third-order valence-corrected chi connectivity index (χ3v) is 5.26. The molecule has 1 aromatic rings. The number of fused-ring (bicyclic) bond motifs is 1. The van der Waals surface area contributed by atoms with Crippen LogP contribution in [0.2, 0.25) is 5.15 Å². The van der Waals surface area contributed by atoms with Gasteiger partial charge in [0.2, 0.25) is 0 Å². The maximum Gasteiger partial charge on any atom is 0.160 e. The number of aromatic nitrogens is 2. The Bertz CT molecular complexity index is 565. The normalized spacial score (nSPS) is 22.9. The lowest BCUT2D eigenvalue weighted by Crippen LogP contribution is -2.04. The van der Waals surface area contributed by atoms with Crippen LogP contribution in [0, 0.1) is 0 Å². The number of rotatable bonds is 1. The first-order chi connectivity index (χ1) is 8.05. The van der Waals surface area contributed by atoms with Crippen LogP contribution in [0.3, 0.4) is 0 Å². The molecule has 6 heteroatoms. The van der Waals surface area contributed by atoms with Crippen molar-refractivity contribution < 1.29 is 8.42 Å². The minimum Gasteiger partial charge on any atom is -0.236 e. The second-order valence-corrected chi connectivity index (χ2v) is 7.23. The molecule has 17 heavy (non-hydrogen) atoms. The van der Waals surface area contributed by atoms with Crippen molar-refractivity contribution in [2.45, 2.75) is 43.1 Å². The first-order valence-corrected chi connectivity index (χ1v) is 8.01. The maximum atomic E-state index is 11.5. The van der Waals surface area contributed by atoms with E-state index in [2.05, 4.69) is 9.97 Å². The third-order valence-electron chi connectivity index (χ3n) is 3.50. The second-order valence-electron chi connectivity index (χ2n) is 4.81. The van der Waals surface area contributed by atoms with Gasteiger partial charge in [-0.2, -0.15) is 0 Å². The first kappa shape index (κ1) is 11.4. The van der Waals surface area contributed by atoms with Crippen molar-refractivity contribution in [3.63, 3.8) is 0 Å². The van der Waals surface area contributed by atoms with Gasteiger partial charge in [-0.05, 0) is 12.8 Å². The summed E-state index contributed by atoms with van der Waals surface area (Å²) in [5.74, 6) is 1.11. The fourth-order valence-electron chi connectivity index (χ4n) is 2.63. The molecule has 2 aliphatic rings. The fourth-order valence-corrected chi connectivity index (χ4v) is 4.47.